The van der Waals surface area contributed by atoms with Gasteiger partial charge in [0.15, 0.2) is 11.5 Å². The Bertz CT molecular complexity index is 1020. The maximum atomic E-state index is 13.0. The van der Waals surface area contributed by atoms with Crippen LogP contribution in [0.4, 0.5) is 9.59 Å². The first-order valence-corrected chi connectivity index (χ1v) is 13.6. The van der Waals surface area contributed by atoms with E-state index in [-0.39, 0.29) is 49.0 Å². The van der Waals surface area contributed by atoms with Gasteiger partial charge in [-0.15, -0.1) is 0 Å². The van der Waals surface area contributed by atoms with Crippen molar-refractivity contribution >= 4 is 24.2 Å². The van der Waals surface area contributed by atoms with E-state index in [0.29, 0.717) is 18.4 Å². The number of benzene rings is 1. The highest BCUT2D eigenvalue weighted by Crippen LogP contribution is 2.33. The van der Waals surface area contributed by atoms with Crippen LogP contribution in [0.1, 0.15) is 80.7 Å². The molecule has 11 heteroatoms. The minimum absolute atomic E-state index is 0.0467. The molecule has 0 saturated carbocycles. The van der Waals surface area contributed by atoms with Crippen LogP contribution >= 0.6 is 0 Å². The quantitative estimate of drug-likeness (QED) is 0.116. The fraction of sp³-hybridized carbons (Fsp3) is 0.655. The molecule has 1 aromatic rings. The van der Waals surface area contributed by atoms with Crippen molar-refractivity contribution in [3.05, 3.63) is 23.8 Å². The molecule has 2 atom stereocenters. The standard InChI is InChI=1S/C29H45NO10/c1-10-20(7)30-29(24(31)32,40-25(33)28(8,9)11-2)15-21-12-13-22(38-26(34)36-16-18(3)4)23(14-21)39-27(35)37-17-19(5)6/h12-14,18-20,30H,10-11,15-17H2,1-9H3,(H,31,32)/t20?,29-/m0/s1. The van der Waals surface area contributed by atoms with Gasteiger partial charge >= 0.3 is 24.2 Å². The lowest BCUT2D eigenvalue weighted by atomic mass is 9.90. The third-order valence-corrected chi connectivity index (χ3v) is 6.06. The Hall–Kier alpha value is -3.34. The highest BCUT2D eigenvalue weighted by Gasteiger charge is 2.46. The second-order valence-corrected chi connectivity index (χ2v) is 11.3. The van der Waals surface area contributed by atoms with Crippen molar-refractivity contribution < 1.29 is 48.0 Å². The highest BCUT2D eigenvalue weighted by atomic mass is 16.7. The molecule has 0 aromatic heterocycles. The summed E-state index contributed by atoms with van der Waals surface area (Å²) in [5.41, 5.74) is -2.75. The molecule has 226 valence electrons. The van der Waals surface area contributed by atoms with Gasteiger partial charge in [0.1, 0.15) is 0 Å². The number of esters is 1. The number of aliphatic carboxylic acids is 1. The van der Waals surface area contributed by atoms with Crippen molar-refractivity contribution in [2.75, 3.05) is 13.2 Å². The van der Waals surface area contributed by atoms with Gasteiger partial charge in [0.2, 0.25) is 0 Å². The van der Waals surface area contributed by atoms with Gasteiger partial charge in [-0.05, 0) is 63.1 Å². The van der Waals surface area contributed by atoms with Crippen molar-refractivity contribution in [3.8, 4) is 11.5 Å². The Morgan fingerprint density at radius 3 is 1.85 bits per heavy atom. The lowest BCUT2D eigenvalue weighted by molar-refractivity contribution is -0.191. The molecule has 0 fully saturated rings. The summed E-state index contributed by atoms with van der Waals surface area (Å²) in [7, 11) is 0. The first-order chi connectivity index (χ1) is 18.5. The number of carboxylic acid groups (broad SMARTS) is 1. The second-order valence-electron chi connectivity index (χ2n) is 11.3. The minimum atomic E-state index is -2.13. The molecule has 0 aliphatic carbocycles. The zero-order valence-electron chi connectivity index (χ0n) is 25.1. The van der Waals surface area contributed by atoms with E-state index in [4.69, 9.17) is 23.7 Å². The van der Waals surface area contributed by atoms with Crippen LogP contribution in [0.25, 0.3) is 0 Å². The van der Waals surface area contributed by atoms with E-state index in [2.05, 4.69) is 5.32 Å². The second kappa shape index (κ2) is 15.4. The Morgan fingerprint density at radius 2 is 1.40 bits per heavy atom. The monoisotopic (exact) mass is 567 g/mol. The van der Waals surface area contributed by atoms with Gasteiger partial charge in [0.25, 0.3) is 5.72 Å². The van der Waals surface area contributed by atoms with E-state index in [1.54, 1.807) is 27.7 Å². The summed E-state index contributed by atoms with van der Waals surface area (Å²) in [6, 6.07) is 3.82. The Kier molecular flexibility index (Phi) is 13.4. The van der Waals surface area contributed by atoms with Crippen LogP contribution < -0.4 is 14.8 Å². The lowest BCUT2D eigenvalue weighted by Gasteiger charge is -2.35. The van der Waals surface area contributed by atoms with Gasteiger partial charge < -0.3 is 28.8 Å². The van der Waals surface area contributed by atoms with Crippen LogP contribution in [0, 0.1) is 17.3 Å². The van der Waals surface area contributed by atoms with E-state index in [0.717, 1.165) is 0 Å². The summed E-state index contributed by atoms with van der Waals surface area (Å²) in [4.78, 5) is 50.2. The molecule has 0 saturated heterocycles. The smallest absolute Gasteiger partial charge is 0.477 e. The first kappa shape index (κ1) is 34.7. The van der Waals surface area contributed by atoms with Crippen LogP contribution in [0.3, 0.4) is 0 Å². The number of hydrogen-bond donors (Lipinski definition) is 2. The molecule has 0 heterocycles. The number of ether oxygens (including phenoxy) is 5. The topological polar surface area (TPSA) is 147 Å². The Labute approximate surface area is 236 Å². The van der Waals surface area contributed by atoms with E-state index < -0.39 is 35.4 Å². The molecule has 1 aromatic carbocycles. The number of nitrogens with one attached hydrogen (secondary N) is 1. The van der Waals surface area contributed by atoms with Crippen molar-refractivity contribution in [2.24, 2.45) is 17.3 Å². The third kappa shape index (κ3) is 11.0. The first-order valence-electron chi connectivity index (χ1n) is 13.6. The molecule has 0 aliphatic heterocycles. The molecule has 1 rings (SSSR count). The van der Waals surface area contributed by atoms with E-state index in [9.17, 15) is 24.3 Å². The normalized spacial score (nSPS) is 13.8. The SMILES string of the molecule is CCC(C)N[C@@](Cc1ccc(OC(=O)OCC(C)C)c(OC(=O)OCC(C)C)c1)(OC(=O)C(C)(C)CC)C(=O)O. The molecule has 0 radical (unpaired) electrons. The summed E-state index contributed by atoms with van der Waals surface area (Å²) in [6.45, 7) is 16.4. The number of carbonyl (C=O) groups is 4. The van der Waals surface area contributed by atoms with Crippen molar-refractivity contribution in [1.82, 2.24) is 5.32 Å². The van der Waals surface area contributed by atoms with Crippen molar-refractivity contribution in [1.29, 1.82) is 0 Å². The van der Waals surface area contributed by atoms with Gasteiger partial charge in [-0.3, -0.25) is 10.1 Å². The van der Waals surface area contributed by atoms with Gasteiger partial charge in [-0.2, -0.15) is 0 Å². The summed E-state index contributed by atoms with van der Waals surface area (Å²) < 4.78 is 26.4. The van der Waals surface area contributed by atoms with E-state index >= 15 is 0 Å². The highest BCUT2D eigenvalue weighted by molar-refractivity contribution is 5.84. The zero-order valence-corrected chi connectivity index (χ0v) is 25.1. The van der Waals surface area contributed by atoms with Crippen LogP contribution in [-0.4, -0.2) is 54.3 Å². The van der Waals surface area contributed by atoms with Gasteiger partial charge in [-0.1, -0.05) is 47.6 Å². The maximum Gasteiger partial charge on any atom is 0.513 e. The summed E-state index contributed by atoms with van der Waals surface area (Å²) in [5.74, 6) is -2.31. The maximum absolute atomic E-state index is 13.0. The zero-order chi connectivity index (χ0) is 30.7. The number of rotatable bonds is 15. The third-order valence-electron chi connectivity index (χ3n) is 6.06. The molecule has 1 unspecified atom stereocenters. The number of hydrogen-bond acceptors (Lipinski definition) is 10. The van der Waals surface area contributed by atoms with Gasteiger partial charge in [0.05, 0.1) is 18.6 Å². The lowest BCUT2D eigenvalue weighted by Crippen LogP contribution is -2.60. The summed E-state index contributed by atoms with van der Waals surface area (Å²) in [6.07, 6.45) is -1.38. The van der Waals surface area contributed by atoms with Crippen molar-refractivity contribution in [3.63, 3.8) is 0 Å². The molecular weight excluding hydrogens is 522 g/mol. The molecular formula is C29H45NO10. The summed E-state index contributed by atoms with van der Waals surface area (Å²) in [5, 5.41) is 13.2. The molecule has 0 aliphatic rings. The van der Waals surface area contributed by atoms with Crippen molar-refractivity contribution in [2.45, 2.75) is 93.3 Å². The number of carbonyl (C=O) groups excluding carboxylic acids is 3. The molecule has 40 heavy (non-hydrogen) atoms. The van der Waals surface area contributed by atoms with E-state index in [1.807, 2.05) is 34.6 Å². The minimum Gasteiger partial charge on any atom is -0.477 e. The fourth-order valence-electron chi connectivity index (χ4n) is 3.06. The molecule has 11 nitrogen and oxygen atoms in total. The van der Waals surface area contributed by atoms with Crippen LogP contribution in [0.2, 0.25) is 0 Å². The van der Waals surface area contributed by atoms with E-state index in [1.165, 1.54) is 18.2 Å². The predicted molar refractivity (Wildman–Crippen MR) is 147 cm³/mol. The number of carboxylic acids is 1. The fourth-order valence-corrected chi connectivity index (χ4v) is 3.06. The molecule has 0 spiro atoms. The predicted octanol–water partition coefficient (Wildman–Crippen LogP) is 5.72. The Balaban J connectivity index is 3.48. The molecule has 0 bridgehead atoms. The van der Waals surface area contributed by atoms with Crippen LogP contribution in [0.5, 0.6) is 11.5 Å². The molecule has 0 amide bonds. The summed E-state index contributed by atoms with van der Waals surface area (Å²) >= 11 is 0. The average Bonchev–Trinajstić information content (AvgIpc) is 2.87. The average molecular weight is 568 g/mol. The largest absolute Gasteiger partial charge is 0.513 e. The molecule has 2 N–H and O–H groups in total. The van der Waals surface area contributed by atoms with Crippen LogP contribution in [0.15, 0.2) is 18.2 Å². The van der Waals surface area contributed by atoms with Gasteiger partial charge in [0, 0.05) is 12.5 Å². The van der Waals surface area contributed by atoms with Gasteiger partial charge in [-0.25, -0.2) is 14.4 Å². The Morgan fingerprint density at radius 1 is 0.875 bits per heavy atom. The van der Waals surface area contributed by atoms with Crippen LogP contribution in [-0.2, 0) is 30.2 Å².